The fourth-order valence-electron chi connectivity index (χ4n) is 4.07. The van der Waals surface area contributed by atoms with Crippen LogP contribution in [0.4, 0.5) is 5.69 Å². The van der Waals surface area contributed by atoms with Crippen molar-refractivity contribution in [2.24, 2.45) is 0 Å². The second-order valence-electron chi connectivity index (χ2n) is 8.80. The first kappa shape index (κ1) is 28.2. The lowest BCUT2D eigenvalue weighted by Crippen LogP contribution is -2.53. The van der Waals surface area contributed by atoms with Crippen LogP contribution in [0.2, 0.25) is 5.02 Å². The van der Waals surface area contributed by atoms with E-state index in [1.54, 1.807) is 55.5 Å². The Kier molecular flexibility index (Phi) is 9.72. The molecule has 0 fully saturated rings. The van der Waals surface area contributed by atoms with Crippen molar-refractivity contribution >= 4 is 39.1 Å². The highest BCUT2D eigenvalue weighted by Crippen LogP contribution is 2.23. The second-order valence-corrected chi connectivity index (χ2v) is 11.1. The van der Waals surface area contributed by atoms with Crippen LogP contribution in [0.1, 0.15) is 23.6 Å². The number of halogens is 1. The fraction of sp³-hybridized carbons (Fsp3) is 0.286. The highest BCUT2D eigenvalue weighted by molar-refractivity contribution is 7.92. The Morgan fingerprint density at radius 3 is 2.14 bits per heavy atom. The van der Waals surface area contributed by atoms with E-state index >= 15 is 0 Å². The molecule has 37 heavy (non-hydrogen) atoms. The van der Waals surface area contributed by atoms with Crippen LogP contribution < -0.4 is 9.62 Å². The maximum Gasteiger partial charge on any atom is 0.244 e. The Bertz CT molecular complexity index is 1310. The Hall–Kier alpha value is -3.36. The number of rotatable bonds is 11. The molecule has 0 spiro atoms. The molecule has 1 N–H and O–H groups in total. The largest absolute Gasteiger partial charge is 0.355 e. The summed E-state index contributed by atoms with van der Waals surface area (Å²) in [6.45, 7) is 3.66. The van der Waals surface area contributed by atoms with E-state index in [-0.39, 0.29) is 18.9 Å². The highest BCUT2D eigenvalue weighted by Gasteiger charge is 2.33. The van der Waals surface area contributed by atoms with Gasteiger partial charge in [0.1, 0.15) is 12.6 Å². The number of anilines is 1. The van der Waals surface area contributed by atoms with E-state index in [4.69, 9.17) is 11.6 Å². The summed E-state index contributed by atoms with van der Waals surface area (Å²) in [6, 6.07) is 22.6. The van der Waals surface area contributed by atoms with Crippen molar-refractivity contribution in [3.8, 4) is 0 Å². The van der Waals surface area contributed by atoms with Gasteiger partial charge in [-0.3, -0.25) is 13.9 Å². The molecule has 0 aliphatic rings. The number of nitrogens with one attached hydrogen (secondary N) is 1. The Balaban J connectivity index is 2.04. The molecular weight excluding hydrogens is 510 g/mol. The number of carbonyl (C=O) groups is 2. The van der Waals surface area contributed by atoms with Gasteiger partial charge < -0.3 is 10.2 Å². The van der Waals surface area contributed by atoms with Crippen LogP contribution in [0.15, 0.2) is 78.9 Å². The molecule has 7 nitrogen and oxygen atoms in total. The molecule has 3 aromatic rings. The molecule has 0 radical (unpaired) electrons. The van der Waals surface area contributed by atoms with Gasteiger partial charge in [0.2, 0.25) is 21.8 Å². The number of para-hydroxylation sites is 1. The van der Waals surface area contributed by atoms with Crippen LogP contribution in [0.25, 0.3) is 0 Å². The van der Waals surface area contributed by atoms with Gasteiger partial charge in [-0.1, -0.05) is 72.3 Å². The van der Waals surface area contributed by atoms with Crippen molar-refractivity contribution < 1.29 is 18.0 Å². The minimum absolute atomic E-state index is 0.107. The molecule has 0 aromatic heterocycles. The number of sulfonamides is 1. The summed E-state index contributed by atoms with van der Waals surface area (Å²) in [5, 5.41) is 3.38. The van der Waals surface area contributed by atoms with Crippen LogP contribution in [-0.2, 0) is 32.6 Å². The molecule has 9 heteroatoms. The Labute approximate surface area is 224 Å². The zero-order chi connectivity index (χ0) is 27.0. The average Bonchev–Trinajstić information content (AvgIpc) is 2.86. The van der Waals surface area contributed by atoms with Crippen molar-refractivity contribution in [3.05, 3.63) is 101 Å². The average molecular weight is 542 g/mol. The van der Waals surface area contributed by atoms with Crippen molar-refractivity contribution in [2.75, 3.05) is 23.7 Å². The van der Waals surface area contributed by atoms with Crippen LogP contribution in [-0.4, -0.2) is 50.5 Å². The third-order valence-corrected chi connectivity index (χ3v) is 7.33. The van der Waals surface area contributed by atoms with Gasteiger partial charge in [-0.05, 0) is 48.7 Å². The van der Waals surface area contributed by atoms with Crippen LogP contribution >= 0.6 is 11.6 Å². The first-order chi connectivity index (χ1) is 17.6. The number of likely N-dealkylation sites (N-methyl/N-ethyl adjacent to an activating group) is 1. The summed E-state index contributed by atoms with van der Waals surface area (Å²) in [6.07, 6.45) is 1.34. The lowest BCUT2D eigenvalue weighted by Gasteiger charge is -2.33. The summed E-state index contributed by atoms with van der Waals surface area (Å²) in [4.78, 5) is 28.7. The standard InChI is InChI=1S/C28H32ClN3O4S/c1-4-30-28(34)26(18-22-11-6-5-7-12-22)31(19-23-14-16-24(29)17-15-23)27(33)20-32(37(3,35)36)25-13-9-8-10-21(25)2/h5-17,26H,4,18-20H2,1-3H3,(H,30,34)/t26-/m1/s1. The maximum atomic E-state index is 13.9. The van der Waals surface area contributed by atoms with Crippen LogP contribution in [0, 0.1) is 6.92 Å². The molecule has 0 aliphatic carbocycles. The summed E-state index contributed by atoms with van der Waals surface area (Å²) in [5.41, 5.74) is 2.78. The monoisotopic (exact) mass is 541 g/mol. The molecule has 0 unspecified atom stereocenters. The number of hydrogen-bond acceptors (Lipinski definition) is 4. The number of amides is 2. The van der Waals surface area contributed by atoms with Crippen LogP contribution in [0.3, 0.4) is 0 Å². The molecule has 3 rings (SSSR count). The van der Waals surface area contributed by atoms with Gasteiger partial charge in [0.05, 0.1) is 11.9 Å². The molecular formula is C28H32ClN3O4S. The second kappa shape index (κ2) is 12.7. The maximum absolute atomic E-state index is 13.9. The predicted molar refractivity (Wildman–Crippen MR) is 148 cm³/mol. The molecule has 2 amide bonds. The minimum Gasteiger partial charge on any atom is -0.355 e. The first-order valence-corrected chi connectivity index (χ1v) is 14.2. The molecule has 1 atom stereocenters. The molecule has 0 heterocycles. The summed E-state index contributed by atoms with van der Waals surface area (Å²) >= 11 is 6.06. The fourth-order valence-corrected chi connectivity index (χ4v) is 5.10. The van der Waals surface area contributed by atoms with Gasteiger partial charge in [0, 0.05) is 24.5 Å². The smallest absolute Gasteiger partial charge is 0.244 e. The topological polar surface area (TPSA) is 86.8 Å². The number of aryl methyl sites for hydroxylation is 1. The van der Waals surface area contributed by atoms with Gasteiger partial charge in [-0.15, -0.1) is 0 Å². The lowest BCUT2D eigenvalue weighted by atomic mass is 10.0. The summed E-state index contributed by atoms with van der Waals surface area (Å²) < 4.78 is 26.7. The number of nitrogens with zero attached hydrogens (tertiary/aromatic N) is 2. The third kappa shape index (κ3) is 7.81. The van der Waals surface area contributed by atoms with E-state index in [0.717, 1.165) is 27.3 Å². The summed E-state index contributed by atoms with van der Waals surface area (Å²) in [7, 11) is -3.79. The van der Waals surface area contributed by atoms with E-state index in [1.165, 1.54) is 4.90 Å². The normalized spacial score (nSPS) is 12.0. The van der Waals surface area contributed by atoms with Crippen LogP contribution in [0.5, 0.6) is 0 Å². The van der Waals surface area contributed by atoms with E-state index in [0.29, 0.717) is 17.3 Å². The highest BCUT2D eigenvalue weighted by atomic mass is 35.5. The summed E-state index contributed by atoms with van der Waals surface area (Å²) in [5.74, 6) is -0.800. The van der Waals surface area contributed by atoms with Gasteiger partial charge >= 0.3 is 0 Å². The minimum atomic E-state index is -3.79. The van der Waals surface area contributed by atoms with Gasteiger partial charge in [-0.25, -0.2) is 8.42 Å². The quantitative estimate of drug-likeness (QED) is 0.394. The zero-order valence-electron chi connectivity index (χ0n) is 21.2. The zero-order valence-corrected chi connectivity index (χ0v) is 22.8. The lowest BCUT2D eigenvalue weighted by molar-refractivity contribution is -0.140. The molecule has 0 saturated carbocycles. The molecule has 0 bridgehead atoms. The van der Waals surface area contributed by atoms with Crippen molar-refractivity contribution in [1.29, 1.82) is 0 Å². The van der Waals surface area contributed by atoms with E-state index < -0.39 is 28.5 Å². The molecule has 0 saturated heterocycles. The van der Waals surface area contributed by atoms with Crippen molar-refractivity contribution in [1.82, 2.24) is 10.2 Å². The number of hydrogen-bond donors (Lipinski definition) is 1. The van der Waals surface area contributed by atoms with Gasteiger partial charge in [0.15, 0.2) is 0 Å². The molecule has 196 valence electrons. The third-order valence-electron chi connectivity index (χ3n) is 5.95. The Morgan fingerprint density at radius 2 is 1.54 bits per heavy atom. The molecule has 0 aliphatic heterocycles. The van der Waals surface area contributed by atoms with Gasteiger partial charge in [-0.2, -0.15) is 0 Å². The van der Waals surface area contributed by atoms with Gasteiger partial charge in [0.25, 0.3) is 0 Å². The van der Waals surface area contributed by atoms with Crippen molar-refractivity contribution in [2.45, 2.75) is 32.9 Å². The number of benzene rings is 3. The Morgan fingerprint density at radius 1 is 0.919 bits per heavy atom. The number of carbonyl (C=O) groups excluding carboxylic acids is 2. The van der Waals surface area contributed by atoms with E-state index in [1.807, 2.05) is 37.3 Å². The first-order valence-electron chi connectivity index (χ1n) is 12.0. The van der Waals surface area contributed by atoms with Crippen molar-refractivity contribution in [3.63, 3.8) is 0 Å². The van der Waals surface area contributed by atoms with E-state index in [9.17, 15) is 18.0 Å². The molecule has 3 aromatic carbocycles. The SMILES string of the molecule is CCNC(=O)[C@@H](Cc1ccccc1)N(Cc1ccc(Cl)cc1)C(=O)CN(c1ccccc1C)S(C)(=O)=O. The predicted octanol–water partition coefficient (Wildman–Crippen LogP) is 4.19. The van der Waals surface area contributed by atoms with E-state index in [2.05, 4.69) is 5.32 Å².